The average molecular weight is 461 g/mol. The molecule has 0 aliphatic heterocycles. The van der Waals surface area contributed by atoms with Gasteiger partial charge in [-0.1, -0.05) is 30.3 Å². The number of carbonyl (C=O) groups is 1. The van der Waals surface area contributed by atoms with E-state index >= 15 is 0 Å². The highest BCUT2D eigenvalue weighted by Gasteiger charge is 2.25. The molecule has 1 N–H and O–H groups in total. The maximum absolute atomic E-state index is 14.4. The van der Waals surface area contributed by atoms with Crippen LogP contribution in [0.3, 0.4) is 0 Å². The highest BCUT2D eigenvalue weighted by molar-refractivity contribution is 5.68. The second kappa shape index (κ2) is 11.9. The molecule has 0 heterocycles. The summed E-state index contributed by atoms with van der Waals surface area (Å²) in [5, 5.41) is 8.81. The van der Waals surface area contributed by atoms with Crippen LogP contribution in [-0.4, -0.2) is 17.7 Å². The molecule has 0 aromatic heterocycles. The average Bonchev–Trinajstić information content (AvgIpc) is 3.22. The van der Waals surface area contributed by atoms with Gasteiger partial charge in [0.2, 0.25) is 0 Å². The monoisotopic (exact) mass is 460 g/mol. The second-order valence-electron chi connectivity index (χ2n) is 7.96. The fourth-order valence-corrected chi connectivity index (χ4v) is 4.00. The van der Waals surface area contributed by atoms with Crippen molar-refractivity contribution in [3.05, 3.63) is 83.2 Å². The molecule has 1 aliphatic rings. The third-order valence-corrected chi connectivity index (χ3v) is 5.55. The van der Waals surface area contributed by atoms with Crippen LogP contribution < -0.4 is 9.47 Å². The molecule has 4 nitrogen and oxygen atoms in total. The molecule has 3 aromatic rings. The zero-order valence-corrected chi connectivity index (χ0v) is 19.5. The Labute approximate surface area is 200 Å². The molecule has 176 valence electrons. The summed E-state index contributed by atoms with van der Waals surface area (Å²) in [5.74, 6) is 2.60. The first-order valence-corrected chi connectivity index (χ1v) is 11.4. The van der Waals surface area contributed by atoms with Crippen LogP contribution in [0.1, 0.15) is 49.5 Å². The van der Waals surface area contributed by atoms with Crippen LogP contribution >= 0.6 is 0 Å². The number of carboxylic acid groups (broad SMARTS) is 1. The summed E-state index contributed by atoms with van der Waals surface area (Å²) < 4.78 is 26.1. The Morgan fingerprint density at radius 2 is 1.82 bits per heavy atom. The van der Waals surface area contributed by atoms with Crippen LogP contribution in [0.25, 0.3) is 11.1 Å². The molecule has 0 saturated heterocycles. The van der Waals surface area contributed by atoms with Gasteiger partial charge >= 0.3 is 5.97 Å². The van der Waals surface area contributed by atoms with Gasteiger partial charge in [-0.3, -0.25) is 4.79 Å². The molecule has 5 heteroatoms. The highest BCUT2D eigenvalue weighted by Crippen LogP contribution is 2.38. The van der Waals surface area contributed by atoms with Gasteiger partial charge in [-0.05, 0) is 85.7 Å². The Morgan fingerprint density at radius 3 is 2.50 bits per heavy atom. The van der Waals surface area contributed by atoms with Crippen molar-refractivity contribution in [1.29, 1.82) is 0 Å². The molecular weight excluding hydrogens is 431 g/mol. The van der Waals surface area contributed by atoms with Crippen LogP contribution in [0.2, 0.25) is 0 Å². The second-order valence-corrected chi connectivity index (χ2v) is 7.96. The summed E-state index contributed by atoms with van der Waals surface area (Å²) in [5.41, 5.74) is 4.64. The van der Waals surface area contributed by atoms with E-state index in [1.54, 1.807) is 19.1 Å². The first kappa shape index (κ1) is 24.9. The quantitative estimate of drug-likeness (QED) is 0.384. The van der Waals surface area contributed by atoms with E-state index in [2.05, 4.69) is 12.3 Å². The number of halogens is 1. The van der Waals surface area contributed by atoms with Crippen molar-refractivity contribution in [2.24, 2.45) is 0 Å². The van der Waals surface area contributed by atoms with E-state index < -0.39 is 5.97 Å². The summed E-state index contributed by atoms with van der Waals surface area (Å²) in [6.45, 7) is 4.09. The number of terminal acetylenes is 1. The summed E-state index contributed by atoms with van der Waals surface area (Å²) in [6.07, 6.45) is 6.91. The lowest BCUT2D eigenvalue weighted by molar-refractivity contribution is -0.136. The lowest BCUT2D eigenvalue weighted by atomic mass is 9.99. The molecule has 1 atom stereocenters. The first-order chi connectivity index (χ1) is 16.4. The van der Waals surface area contributed by atoms with Gasteiger partial charge in [0.05, 0.1) is 6.61 Å². The van der Waals surface area contributed by atoms with Crippen LogP contribution in [0.5, 0.6) is 11.5 Å². The molecule has 1 unspecified atom stereocenters. The van der Waals surface area contributed by atoms with Crippen molar-refractivity contribution in [2.45, 2.75) is 45.6 Å². The van der Waals surface area contributed by atoms with E-state index in [0.717, 1.165) is 35.3 Å². The van der Waals surface area contributed by atoms with Gasteiger partial charge < -0.3 is 14.6 Å². The molecule has 3 aromatic carbocycles. The van der Waals surface area contributed by atoms with E-state index in [4.69, 9.17) is 14.6 Å². The Morgan fingerprint density at radius 1 is 1.12 bits per heavy atom. The van der Waals surface area contributed by atoms with Crippen LogP contribution in [0.15, 0.2) is 60.7 Å². The number of fused-ring (bicyclic) bond motifs is 1. The molecule has 0 bridgehead atoms. The van der Waals surface area contributed by atoms with Gasteiger partial charge in [0, 0.05) is 12.0 Å². The standard InChI is InChI=1S/C26H25FO4.C3H4/c1-2-30-21-10-12-24(27)23(16-21)19-6-11-22-18(15-19)7-13-25(22)31-20-8-3-17(4-9-20)5-14-26(28)29;1-3-2/h3-4,6,8-12,15-16,25H,2,5,7,13-14H2,1H3,(H,28,29);1H,2H3. The van der Waals surface area contributed by atoms with E-state index in [9.17, 15) is 9.18 Å². The molecular formula is C29H29FO4. The summed E-state index contributed by atoms with van der Waals surface area (Å²) >= 11 is 0. The molecule has 0 spiro atoms. The first-order valence-electron chi connectivity index (χ1n) is 11.4. The van der Waals surface area contributed by atoms with Crippen molar-refractivity contribution < 1.29 is 23.8 Å². The summed E-state index contributed by atoms with van der Waals surface area (Å²) in [7, 11) is 0. The van der Waals surface area contributed by atoms with Gasteiger partial charge in [0.15, 0.2) is 0 Å². The highest BCUT2D eigenvalue weighted by atomic mass is 19.1. The molecule has 1 aliphatic carbocycles. The van der Waals surface area contributed by atoms with Gasteiger partial charge in [-0.2, -0.15) is 0 Å². The van der Waals surface area contributed by atoms with Gasteiger partial charge in [-0.25, -0.2) is 4.39 Å². The van der Waals surface area contributed by atoms with Crippen molar-refractivity contribution in [2.75, 3.05) is 6.61 Å². The van der Waals surface area contributed by atoms with Crippen LogP contribution in [0.4, 0.5) is 4.39 Å². The number of hydrogen-bond donors (Lipinski definition) is 1. The lowest BCUT2D eigenvalue weighted by Crippen LogP contribution is -2.04. The minimum Gasteiger partial charge on any atom is -0.494 e. The maximum atomic E-state index is 14.4. The number of carboxylic acids is 1. The minimum absolute atomic E-state index is 0.0477. The molecule has 0 radical (unpaired) electrons. The Balaban J connectivity index is 0.00000103. The number of aryl methyl sites for hydroxylation is 2. The van der Waals surface area contributed by atoms with Gasteiger partial charge in [0.1, 0.15) is 23.4 Å². The SMILES string of the molecule is C#CC.CCOc1ccc(F)c(-c2ccc3c(c2)CCC3Oc2ccc(CCC(=O)O)cc2)c1. The molecule has 4 rings (SSSR count). The molecule has 0 saturated carbocycles. The fourth-order valence-electron chi connectivity index (χ4n) is 4.00. The third kappa shape index (κ3) is 6.39. The maximum Gasteiger partial charge on any atom is 0.303 e. The van der Waals surface area contributed by atoms with Crippen molar-refractivity contribution in [3.63, 3.8) is 0 Å². The van der Waals surface area contributed by atoms with Crippen LogP contribution in [-0.2, 0) is 17.6 Å². The zero-order valence-electron chi connectivity index (χ0n) is 19.5. The molecule has 34 heavy (non-hydrogen) atoms. The molecule has 0 fully saturated rings. The van der Waals surface area contributed by atoms with Crippen molar-refractivity contribution >= 4 is 5.97 Å². The van der Waals surface area contributed by atoms with Gasteiger partial charge in [-0.15, -0.1) is 12.3 Å². The third-order valence-electron chi connectivity index (χ3n) is 5.55. The van der Waals surface area contributed by atoms with E-state index in [0.29, 0.717) is 24.3 Å². The van der Waals surface area contributed by atoms with E-state index in [1.165, 1.54) is 11.6 Å². The topological polar surface area (TPSA) is 55.8 Å². The Hall–Kier alpha value is -3.78. The Bertz CT molecular complexity index is 1160. The predicted octanol–water partition coefficient (Wildman–Crippen LogP) is 6.61. The minimum atomic E-state index is -0.799. The summed E-state index contributed by atoms with van der Waals surface area (Å²) in [6, 6.07) is 18.4. The number of benzene rings is 3. The smallest absolute Gasteiger partial charge is 0.303 e. The van der Waals surface area contributed by atoms with E-state index in [-0.39, 0.29) is 18.3 Å². The molecule has 0 amide bonds. The fraction of sp³-hybridized carbons (Fsp3) is 0.276. The Kier molecular flexibility index (Phi) is 8.70. The van der Waals surface area contributed by atoms with E-state index in [1.807, 2.05) is 49.4 Å². The zero-order chi connectivity index (χ0) is 24.5. The summed E-state index contributed by atoms with van der Waals surface area (Å²) in [4.78, 5) is 10.7. The van der Waals surface area contributed by atoms with Crippen molar-refractivity contribution in [1.82, 2.24) is 0 Å². The number of hydrogen-bond acceptors (Lipinski definition) is 3. The number of aliphatic carboxylic acids is 1. The lowest BCUT2D eigenvalue weighted by Gasteiger charge is -2.16. The largest absolute Gasteiger partial charge is 0.494 e. The number of rotatable bonds is 8. The number of ether oxygens (including phenoxy) is 2. The van der Waals surface area contributed by atoms with Crippen molar-refractivity contribution in [3.8, 4) is 35.0 Å². The predicted molar refractivity (Wildman–Crippen MR) is 132 cm³/mol. The van der Waals surface area contributed by atoms with Gasteiger partial charge in [0.25, 0.3) is 0 Å². The normalized spacial score (nSPS) is 13.8. The van der Waals surface area contributed by atoms with Crippen LogP contribution in [0, 0.1) is 18.2 Å².